The second-order valence-corrected chi connectivity index (χ2v) is 8.86. The molecule has 1 aliphatic heterocycles. The highest BCUT2D eigenvalue weighted by molar-refractivity contribution is 7.89. The van der Waals surface area contributed by atoms with Crippen LogP contribution in [0.25, 0.3) is 0 Å². The minimum absolute atomic E-state index is 0.125. The number of carbonyl (C=O) groups is 3. The van der Waals surface area contributed by atoms with Crippen molar-refractivity contribution in [1.82, 2.24) is 9.21 Å². The van der Waals surface area contributed by atoms with Gasteiger partial charge in [0, 0.05) is 31.4 Å². The highest BCUT2D eigenvalue weighted by Crippen LogP contribution is 2.25. The number of anilines is 1. The molecule has 0 fully saturated rings. The Bertz CT molecular complexity index is 1150. The number of sulfonamides is 1. The van der Waals surface area contributed by atoms with Gasteiger partial charge in [0.2, 0.25) is 10.0 Å². The molecule has 0 unspecified atom stereocenters. The number of benzene rings is 2. The van der Waals surface area contributed by atoms with Gasteiger partial charge in [-0.2, -0.15) is 4.31 Å². The molecule has 30 heavy (non-hydrogen) atoms. The molecule has 0 spiro atoms. The number of hydrogen-bond acceptors (Lipinski definition) is 5. The van der Waals surface area contributed by atoms with E-state index in [0.29, 0.717) is 24.3 Å². The number of hydrogen-bond donors (Lipinski definition) is 1. The predicted molar refractivity (Wildman–Crippen MR) is 112 cm³/mol. The standard InChI is InChI=1S/C21H23N3O5S/c1-5-24(6-2)30(28,29)18-12-15(9-7-13(18)3)22-19(25)14-8-10-16-17(11-14)21(27)23(4)20(16)26/h7-12H,5-6H2,1-4H3,(H,22,25). The molecule has 1 aliphatic rings. The lowest BCUT2D eigenvalue weighted by molar-refractivity contribution is 0.0693. The molecule has 0 saturated carbocycles. The van der Waals surface area contributed by atoms with Crippen LogP contribution in [0.1, 0.15) is 50.5 Å². The molecule has 3 rings (SSSR count). The molecular weight excluding hydrogens is 406 g/mol. The third kappa shape index (κ3) is 3.61. The van der Waals surface area contributed by atoms with Crippen molar-refractivity contribution in [2.24, 2.45) is 0 Å². The van der Waals surface area contributed by atoms with Crippen LogP contribution in [-0.2, 0) is 10.0 Å². The van der Waals surface area contributed by atoms with Gasteiger partial charge >= 0.3 is 0 Å². The third-order valence-electron chi connectivity index (χ3n) is 5.12. The summed E-state index contributed by atoms with van der Waals surface area (Å²) >= 11 is 0. The van der Waals surface area contributed by atoms with E-state index in [9.17, 15) is 22.8 Å². The number of aryl methyl sites for hydroxylation is 1. The van der Waals surface area contributed by atoms with Crippen LogP contribution in [0, 0.1) is 6.92 Å². The van der Waals surface area contributed by atoms with Gasteiger partial charge in [0.15, 0.2) is 0 Å². The van der Waals surface area contributed by atoms with Crippen LogP contribution in [0.3, 0.4) is 0 Å². The zero-order valence-corrected chi connectivity index (χ0v) is 18.0. The molecule has 2 aromatic carbocycles. The summed E-state index contributed by atoms with van der Waals surface area (Å²) in [6.45, 7) is 5.90. The number of amides is 3. The Labute approximate surface area is 175 Å². The molecule has 2 aromatic rings. The Hall–Kier alpha value is -3.04. The average Bonchev–Trinajstić information content (AvgIpc) is 2.93. The SMILES string of the molecule is CCN(CC)S(=O)(=O)c1cc(NC(=O)c2ccc3c(c2)C(=O)N(C)C3=O)ccc1C. The Morgan fingerprint density at radius 3 is 2.27 bits per heavy atom. The van der Waals surface area contributed by atoms with E-state index in [1.54, 1.807) is 32.9 Å². The summed E-state index contributed by atoms with van der Waals surface area (Å²) in [6, 6.07) is 8.95. The molecule has 0 aliphatic carbocycles. The fourth-order valence-electron chi connectivity index (χ4n) is 3.36. The van der Waals surface area contributed by atoms with Crippen LogP contribution >= 0.6 is 0 Å². The number of nitrogens with zero attached hydrogens (tertiary/aromatic N) is 2. The Morgan fingerprint density at radius 1 is 1.00 bits per heavy atom. The third-order valence-corrected chi connectivity index (χ3v) is 7.31. The van der Waals surface area contributed by atoms with E-state index >= 15 is 0 Å². The molecular formula is C21H23N3O5S. The van der Waals surface area contributed by atoms with E-state index in [1.807, 2.05) is 0 Å². The largest absolute Gasteiger partial charge is 0.322 e. The second kappa shape index (κ2) is 8.00. The van der Waals surface area contributed by atoms with Crippen LogP contribution < -0.4 is 5.32 Å². The van der Waals surface area contributed by atoms with Crippen molar-refractivity contribution >= 4 is 33.4 Å². The maximum atomic E-state index is 12.9. The van der Waals surface area contributed by atoms with Gasteiger partial charge in [0.05, 0.1) is 16.0 Å². The molecule has 0 aromatic heterocycles. The number of nitrogens with one attached hydrogen (secondary N) is 1. The molecule has 0 saturated heterocycles. The van der Waals surface area contributed by atoms with Crippen molar-refractivity contribution in [2.75, 3.05) is 25.5 Å². The van der Waals surface area contributed by atoms with Crippen LogP contribution in [0.2, 0.25) is 0 Å². The Balaban J connectivity index is 1.91. The maximum absolute atomic E-state index is 12.9. The molecule has 8 nitrogen and oxygen atoms in total. The maximum Gasteiger partial charge on any atom is 0.261 e. The second-order valence-electron chi connectivity index (χ2n) is 6.95. The lowest BCUT2D eigenvalue weighted by atomic mass is 10.1. The first kappa shape index (κ1) is 21.7. The van der Waals surface area contributed by atoms with Gasteiger partial charge in [-0.05, 0) is 42.8 Å². The summed E-state index contributed by atoms with van der Waals surface area (Å²) in [5.41, 5.74) is 1.51. The highest BCUT2D eigenvalue weighted by atomic mass is 32.2. The minimum atomic E-state index is -3.69. The summed E-state index contributed by atoms with van der Waals surface area (Å²) in [5, 5.41) is 2.67. The van der Waals surface area contributed by atoms with Crippen molar-refractivity contribution in [2.45, 2.75) is 25.7 Å². The van der Waals surface area contributed by atoms with E-state index in [1.165, 1.54) is 35.6 Å². The first-order valence-electron chi connectivity index (χ1n) is 9.50. The lowest BCUT2D eigenvalue weighted by Gasteiger charge is -2.20. The summed E-state index contributed by atoms with van der Waals surface area (Å²) in [4.78, 5) is 38.0. The van der Waals surface area contributed by atoms with Crippen molar-refractivity contribution in [3.63, 3.8) is 0 Å². The van der Waals surface area contributed by atoms with Gasteiger partial charge in [0.1, 0.15) is 0 Å². The number of rotatable bonds is 6. The van der Waals surface area contributed by atoms with Gasteiger partial charge in [0.25, 0.3) is 17.7 Å². The normalized spacial score (nSPS) is 13.7. The fraction of sp³-hybridized carbons (Fsp3) is 0.286. The van der Waals surface area contributed by atoms with Crippen LogP contribution in [0.5, 0.6) is 0 Å². The fourth-order valence-corrected chi connectivity index (χ4v) is 5.07. The minimum Gasteiger partial charge on any atom is -0.322 e. The van der Waals surface area contributed by atoms with Gasteiger partial charge in [-0.1, -0.05) is 19.9 Å². The Morgan fingerprint density at radius 2 is 1.63 bits per heavy atom. The first-order valence-corrected chi connectivity index (χ1v) is 10.9. The molecule has 0 radical (unpaired) electrons. The molecule has 158 valence electrons. The van der Waals surface area contributed by atoms with Crippen LogP contribution in [0.15, 0.2) is 41.3 Å². The smallest absolute Gasteiger partial charge is 0.261 e. The Kier molecular flexibility index (Phi) is 5.78. The van der Waals surface area contributed by atoms with Gasteiger partial charge in [-0.15, -0.1) is 0 Å². The van der Waals surface area contributed by atoms with E-state index in [2.05, 4.69) is 5.32 Å². The summed E-state index contributed by atoms with van der Waals surface area (Å²) in [7, 11) is -2.30. The van der Waals surface area contributed by atoms with E-state index in [-0.39, 0.29) is 21.6 Å². The molecule has 3 amide bonds. The predicted octanol–water partition coefficient (Wildman–Crippen LogP) is 2.50. The number of fused-ring (bicyclic) bond motifs is 1. The molecule has 1 N–H and O–H groups in total. The van der Waals surface area contributed by atoms with Gasteiger partial charge < -0.3 is 5.32 Å². The molecule has 0 atom stereocenters. The zero-order chi connectivity index (χ0) is 22.2. The monoisotopic (exact) mass is 429 g/mol. The van der Waals surface area contributed by atoms with Crippen LogP contribution in [0.4, 0.5) is 5.69 Å². The van der Waals surface area contributed by atoms with Crippen LogP contribution in [-0.4, -0.2) is 55.5 Å². The van der Waals surface area contributed by atoms with E-state index < -0.39 is 27.7 Å². The van der Waals surface area contributed by atoms with Crippen molar-refractivity contribution in [1.29, 1.82) is 0 Å². The van der Waals surface area contributed by atoms with Gasteiger partial charge in [-0.3, -0.25) is 19.3 Å². The van der Waals surface area contributed by atoms with Crippen molar-refractivity contribution < 1.29 is 22.8 Å². The molecule has 0 bridgehead atoms. The lowest BCUT2D eigenvalue weighted by Crippen LogP contribution is -2.31. The topological polar surface area (TPSA) is 104 Å². The van der Waals surface area contributed by atoms with Crippen molar-refractivity contribution in [3.8, 4) is 0 Å². The quantitative estimate of drug-likeness (QED) is 0.711. The number of carbonyl (C=O) groups excluding carboxylic acids is 3. The van der Waals surface area contributed by atoms with Crippen molar-refractivity contribution in [3.05, 3.63) is 58.7 Å². The summed E-state index contributed by atoms with van der Waals surface area (Å²) < 4.78 is 27.1. The van der Waals surface area contributed by atoms with E-state index in [0.717, 1.165) is 4.90 Å². The number of imide groups is 1. The molecule has 9 heteroatoms. The molecule has 1 heterocycles. The average molecular weight is 429 g/mol. The first-order chi connectivity index (χ1) is 14.1. The zero-order valence-electron chi connectivity index (χ0n) is 17.2. The van der Waals surface area contributed by atoms with Gasteiger partial charge in [-0.25, -0.2) is 8.42 Å². The summed E-state index contributed by atoms with van der Waals surface area (Å²) in [5.74, 6) is -1.39. The summed E-state index contributed by atoms with van der Waals surface area (Å²) in [6.07, 6.45) is 0. The van der Waals surface area contributed by atoms with E-state index in [4.69, 9.17) is 0 Å². The highest BCUT2D eigenvalue weighted by Gasteiger charge is 2.33.